The highest BCUT2D eigenvalue weighted by Crippen LogP contribution is 2.35. The molecule has 3 N–H and O–H groups in total. The van der Waals surface area contributed by atoms with Crippen LogP contribution in [0.1, 0.15) is 5.56 Å². The first-order chi connectivity index (χ1) is 9.65. The quantitative estimate of drug-likeness (QED) is 0.733. The van der Waals surface area contributed by atoms with Crippen LogP contribution in [0.3, 0.4) is 0 Å². The summed E-state index contributed by atoms with van der Waals surface area (Å²) in [7, 11) is 0. The van der Waals surface area contributed by atoms with Gasteiger partial charge in [-0.3, -0.25) is 5.10 Å². The molecule has 0 aliphatic carbocycles. The van der Waals surface area contributed by atoms with E-state index in [0.29, 0.717) is 5.82 Å². The highest BCUT2D eigenvalue weighted by molar-refractivity contribution is 9.10. The van der Waals surface area contributed by atoms with Crippen molar-refractivity contribution in [3.05, 3.63) is 58.6 Å². The van der Waals surface area contributed by atoms with Crippen molar-refractivity contribution < 1.29 is 0 Å². The summed E-state index contributed by atoms with van der Waals surface area (Å²) < 4.78 is 1.05. The Morgan fingerprint density at radius 3 is 2.20 bits per heavy atom. The fourth-order valence-electron chi connectivity index (χ4n) is 2.19. The van der Waals surface area contributed by atoms with Crippen molar-refractivity contribution in [1.29, 1.82) is 0 Å². The minimum absolute atomic E-state index is 0.520. The molecule has 0 unspecified atom stereocenters. The number of H-pyrrole nitrogens is 1. The molecule has 2 aromatic carbocycles. The topological polar surface area (TPSA) is 54.7 Å². The van der Waals surface area contributed by atoms with E-state index in [4.69, 9.17) is 5.73 Å². The van der Waals surface area contributed by atoms with Crippen LogP contribution in [-0.2, 0) is 0 Å². The van der Waals surface area contributed by atoms with Crippen molar-refractivity contribution in [3.63, 3.8) is 0 Å². The Bertz CT molecular complexity index is 727. The van der Waals surface area contributed by atoms with Gasteiger partial charge in [0.2, 0.25) is 0 Å². The fraction of sp³-hybridized carbons (Fsp3) is 0.0625. The zero-order valence-electron chi connectivity index (χ0n) is 11.0. The third-order valence-corrected chi connectivity index (χ3v) is 3.80. The highest BCUT2D eigenvalue weighted by atomic mass is 79.9. The predicted octanol–water partition coefficient (Wildman–Crippen LogP) is 4.40. The lowest BCUT2D eigenvalue weighted by Gasteiger charge is -2.05. The van der Waals surface area contributed by atoms with Crippen LogP contribution in [0.4, 0.5) is 5.82 Å². The number of aromatic nitrogens is 2. The number of anilines is 1. The van der Waals surface area contributed by atoms with Gasteiger partial charge in [0.1, 0.15) is 0 Å². The van der Waals surface area contributed by atoms with Gasteiger partial charge in [0.25, 0.3) is 0 Å². The van der Waals surface area contributed by atoms with Crippen LogP contribution in [0.15, 0.2) is 53.0 Å². The standard InChI is InChI=1S/C16H14BrN3/c1-10-2-4-11(5-3-10)14-15(19-20-16(14)18)12-6-8-13(17)9-7-12/h2-9H,1H3,(H3,18,19,20). The number of nitrogens with one attached hydrogen (secondary N) is 1. The van der Waals surface area contributed by atoms with Gasteiger partial charge in [-0.15, -0.1) is 0 Å². The SMILES string of the molecule is Cc1ccc(-c2c(N)n[nH]c2-c2ccc(Br)cc2)cc1. The molecule has 3 nitrogen and oxygen atoms in total. The molecule has 0 saturated carbocycles. The van der Waals surface area contributed by atoms with E-state index in [0.717, 1.165) is 26.9 Å². The summed E-state index contributed by atoms with van der Waals surface area (Å²) in [5.41, 5.74) is 11.3. The molecule has 0 atom stereocenters. The monoisotopic (exact) mass is 327 g/mol. The van der Waals surface area contributed by atoms with Gasteiger partial charge in [0.15, 0.2) is 5.82 Å². The first-order valence-corrected chi connectivity index (χ1v) is 7.11. The summed E-state index contributed by atoms with van der Waals surface area (Å²) in [4.78, 5) is 0. The van der Waals surface area contributed by atoms with E-state index < -0.39 is 0 Å². The molecular weight excluding hydrogens is 314 g/mol. The van der Waals surface area contributed by atoms with E-state index >= 15 is 0 Å². The van der Waals surface area contributed by atoms with Crippen LogP contribution in [0.5, 0.6) is 0 Å². The number of nitrogen functional groups attached to an aromatic ring is 1. The number of hydrogen-bond donors (Lipinski definition) is 2. The predicted molar refractivity (Wildman–Crippen MR) is 86.3 cm³/mol. The summed E-state index contributed by atoms with van der Waals surface area (Å²) in [6, 6.07) is 16.4. The molecule has 0 fully saturated rings. The molecule has 3 rings (SSSR count). The zero-order valence-corrected chi connectivity index (χ0v) is 12.6. The molecule has 100 valence electrons. The summed E-state index contributed by atoms with van der Waals surface area (Å²) in [5.74, 6) is 0.520. The Hall–Kier alpha value is -2.07. The van der Waals surface area contributed by atoms with Crippen molar-refractivity contribution in [1.82, 2.24) is 10.2 Å². The smallest absolute Gasteiger partial charge is 0.153 e. The van der Waals surface area contributed by atoms with E-state index in [1.807, 2.05) is 24.3 Å². The third kappa shape index (κ3) is 2.34. The molecule has 0 bridgehead atoms. The Labute approximate surface area is 126 Å². The number of nitrogens with two attached hydrogens (primary N) is 1. The van der Waals surface area contributed by atoms with E-state index in [-0.39, 0.29) is 0 Å². The number of nitrogens with zero attached hydrogens (tertiary/aromatic N) is 1. The van der Waals surface area contributed by atoms with Crippen molar-refractivity contribution in [2.24, 2.45) is 0 Å². The molecule has 1 aromatic heterocycles. The van der Waals surface area contributed by atoms with Crippen molar-refractivity contribution in [2.45, 2.75) is 6.92 Å². The lowest BCUT2D eigenvalue weighted by atomic mass is 10.00. The maximum Gasteiger partial charge on any atom is 0.153 e. The number of benzene rings is 2. The molecule has 0 radical (unpaired) electrons. The van der Waals surface area contributed by atoms with Gasteiger partial charge in [-0.25, -0.2) is 0 Å². The minimum atomic E-state index is 0.520. The lowest BCUT2D eigenvalue weighted by molar-refractivity contribution is 1.10. The molecule has 0 saturated heterocycles. The van der Waals surface area contributed by atoms with Gasteiger partial charge < -0.3 is 5.73 Å². The number of aromatic amines is 1. The van der Waals surface area contributed by atoms with Crippen molar-refractivity contribution >= 4 is 21.7 Å². The average Bonchev–Trinajstić information content (AvgIpc) is 2.83. The van der Waals surface area contributed by atoms with Gasteiger partial charge in [0, 0.05) is 10.0 Å². The normalized spacial score (nSPS) is 10.7. The second-order valence-electron chi connectivity index (χ2n) is 4.73. The third-order valence-electron chi connectivity index (χ3n) is 3.27. The summed E-state index contributed by atoms with van der Waals surface area (Å²) in [5, 5.41) is 7.19. The van der Waals surface area contributed by atoms with Gasteiger partial charge in [-0.05, 0) is 24.6 Å². The summed E-state index contributed by atoms with van der Waals surface area (Å²) in [6.45, 7) is 2.07. The molecule has 4 heteroatoms. The van der Waals surface area contributed by atoms with Gasteiger partial charge in [-0.2, -0.15) is 5.10 Å². The van der Waals surface area contributed by atoms with Crippen molar-refractivity contribution in [2.75, 3.05) is 5.73 Å². The molecule has 0 aliphatic rings. The van der Waals surface area contributed by atoms with Crippen LogP contribution in [0.25, 0.3) is 22.4 Å². The maximum atomic E-state index is 6.03. The Balaban J connectivity index is 2.14. The Morgan fingerprint density at radius 2 is 1.55 bits per heavy atom. The minimum Gasteiger partial charge on any atom is -0.382 e. The largest absolute Gasteiger partial charge is 0.382 e. The Morgan fingerprint density at radius 1 is 0.950 bits per heavy atom. The second kappa shape index (κ2) is 5.13. The summed E-state index contributed by atoms with van der Waals surface area (Å²) >= 11 is 3.44. The highest BCUT2D eigenvalue weighted by Gasteiger charge is 2.14. The van der Waals surface area contributed by atoms with Crippen LogP contribution in [0.2, 0.25) is 0 Å². The van der Waals surface area contributed by atoms with Crippen LogP contribution in [0, 0.1) is 6.92 Å². The van der Waals surface area contributed by atoms with Crippen LogP contribution < -0.4 is 5.73 Å². The molecular formula is C16H14BrN3. The van der Waals surface area contributed by atoms with Gasteiger partial charge in [-0.1, -0.05) is 57.9 Å². The molecule has 1 heterocycles. The van der Waals surface area contributed by atoms with Crippen molar-refractivity contribution in [3.8, 4) is 22.4 Å². The van der Waals surface area contributed by atoms with E-state index in [1.165, 1.54) is 5.56 Å². The fourth-order valence-corrected chi connectivity index (χ4v) is 2.46. The molecule has 20 heavy (non-hydrogen) atoms. The summed E-state index contributed by atoms with van der Waals surface area (Å²) in [6.07, 6.45) is 0. The molecule has 0 aliphatic heterocycles. The maximum absolute atomic E-state index is 6.03. The van der Waals surface area contributed by atoms with Gasteiger partial charge >= 0.3 is 0 Å². The first kappa shape index (κ1) is 12.9. The first-order valence-electron chi connectivity index (χ1n) is 6.32. The van der Waals surface area contributed by atoms with Crippen LogP contribution in [-0.4, -0.2) is 10.2 Å². The van der Waals surface area contributed by atoms with Gasteiger partial charge in [0.05, 0.1) is 11.3 Å². The second-order valence-corrected chi connectivity index (χ2v) is 5.65. The Kier molecular flexibility index (Phi) is 3.32. The molecule has 0 spiro atoms. The number of aryl methyl sites for hydroxylation is 1. The zero-order chi connectivity index (χ0) is 14.1. The average molecular weight is 328 g/mol. The van der Waals surface area contributed by atoms with E-state index in [1.54, 1.807) is 0 Å². The number of halogens is 1. The van der Waals surface area contributed by atoms with Crippen LogP contribution >= 0.6 is 15.9 Å². The van der Waals surface area contributed by atoms with E-state index in [9.17, 15) is 0 Å². The number of rotatable bonds is 2. The number of hydrogen-bond acceptors (Lipinski definition) is 2. The molecule has 3 aromatic rings. The molecule has 0 amide bonds. The lowest BCUT2D eigenvalue weighted by Crippen LogP contribution is -1.89. The van der Waals surface area contributed by atoms with E-state index in [2.05, 4.69) is 57.3 Å².